The van der Waals surface area contributed by atoms with E-state index in [2.05, 4.69) is 94.2 Å². The number of rotatable bonds is 15. The second-order valence-electron chi connectivity index (χ2n) is 13.7. The Balaban J connectivity index is 3.23. The first-order valence-electron chi connectivity index (χ1n) is 14.2. The summed E-state index contributed by atoms with van der Waals surface area (Å²) in [5, 5.41) is 0.108. The lowest BCUT2D eigenvalue weighted by atomic mass is 10.0. The van der Waals surface area contributed by atoms with Crippen LogP contribution in [0.1, 0.15) is 67.4 Å². The number of ketones is 1. The number of hydrogen-bond acceptors (Lipinski definition) is 5. The largest absolute Gasteiger partial charge is 0.497 e. The number of carbonyl (C=O) groups is 1. The maximum atomic E-state index is 13.9. The second kappa shape index (κ2) is 14.4. The first kappa shape index (κ1) is 35.5. The molecule has 0 aliphatic carbocycles. The van der Waals surface area contributed by atoms with Crippen molar-refractivity contribution in [1.82, 2.24) is 0 Å². The zero-order chi connectivity index (χ0) is 30.2. The van der Waals surface area contributed by atoms with Crippen LogP contribution in [0, 0.1) is 5.92 Å². The fraction of sp³-hybridized carbons (Fsp3) is 0.656. The zero-order valence-corrected chi connectivity index (χ0v) is 29.0. The Bertz CT molecular complexity index is 939. The molecule has 1 aromatic rings. The molecule has 0 aromatic heterocycles. The van der Waals surface area contributed by atoms with Crippen LogP contribution in [0.25, 0.3) is 0 Å². The van der Waals surface area contributed by atoms with Crippen molar-refractivity contribution in [3.63, 3.8) is 0 Å². The standard InChI is InChI=1S/C32H56O5Si2/c1-15-16-29(37-39(13,14)32(7,8)9)30(33)28(35-23-26-18-20-27(34-10)21-19-26)22-17-24(2)25(3)36-38(11,12)31(4,5)6/h15,17-22,24-25,28-29H,1,16,23H2,2-14H3/b22-17-/t24-,25+,28-,29+/m1/s1. The highest BCUT2D eigenvalue weighted by Gasteiger charge is 2.42. The van der Waals surface area contributed by atoms with Crippen molar-refractivity contribution in [3.05, 3.63) is 54.6 Å². The summed E-state index contributed by atoms with van der Waals surface area (Å²) in [5.41, 5.74) is 0.968. The number of Topliss-reactive ketones (excluding diaryl/α,β-unsaturated/α-hetero) is 1. The van der Waals surface area contributed by atoms with Crippen LogP contribution in [0.4, 0.5) is 0 Å². The smallest absolute Gasteiger partial charge is 0.193 e. The van der Waals surface area contributed by atoms with Gasteiger partial charge in [0.25, 0.3) is 0 Å². The van der Waals surface area contributed by atoms with Gasteiger partial charge in [-0.15, -0.1) is 6.58 Å². The normalized spacial score (nSPS) is 16.5. The highest BCUT2D eigenvalue weighted by atomic mass is 28.4. The van der Waals surface area contributed by atoms with E-state index in [0.29, 0.717) is 13.0 Å². The topological polar surface area (TPSA) is 54.0 Å². The average Bonchev–Trinajstić information content (AvgIpc) is 2.81. The number of ether oxygens (including phenoxy) is 2. The minimum atomic E-state index is -2.20. The first-order chi connectivity index (χ1) is 17.8. The number of carbonyl (C=O) groups excluding carboxylic acids is 1. The van der Waals surface area contributed by atoms with Crippen LogP contribution in [-0.4, -0.2) is 47.8 Å². The molecule has 5 nitrogen and oxygen atoms in total. The Morgan fingerprint density at radius 3 is 1.87 bits per heavy atom. The molecule has 0 N–H and O–H groups in total. The van der Waals surface area contributed by atoms with Crippen LogP contribution < -0.4 is 4.74 Å². The van der Waals surface area contributed by atoms with Crippen LogP contribution >= 0.6 is 0 Å². The van der Waals surface area contributed by atoms with Gasteiger partial charge in [-0.3, -0.25) is 4.79 Å². The fourth-order valence-electron chi connectivity index (χ4n) is 3.41. The number of benzene rings is 1. The Labute approximate surface area is 241 Å². The molecule has 0 unspecified atom stereocenters. The Kier molecular flexibility index (Phi) is 13.1. The summed E-state index contributed by atoms with van der Waals surface area (Å²) < 4.78 is 24.7. The summed E-state index contributed by atoms with van der Waals surface area (Å²) in [6.07, 6.45) is 4.83. The lowest BCUT2D eigenvalue weighted by molar-refractivity contribution is -0.136. The van der Waals surface area contributed by atoms with Gasteiger partial charge in [0.05, 0.1) is 13.7 Å². The molecule has 0 saturated carbocycles. The van der Waals surface area contributed by atoms with Crippen molar-refractivity contribution in [1.29, 1.82) is 0 Å². The third-order valence-corrected chi connectivity index (χ3v) is 17.5. The van der Waals surface area contributed by atoms with Gasteiger partial charge < -0.3 is 18.3 Å². The van der Waals surface area contributed by atoms with E-state index in [-0.39, 0.29) is 27.9 Å². The molecule has 0 aliphatic rings. The van der Waals surface area contributed by atoms with E-state index in [1.165, 1.54) is 0 Å². The van der Waals surface area contributed by atoms with Crippen molar-refractivity contribution < 1.29 is 23.1 Å². The van der Waals surface area contributed by atoms with Crippen LogP contribution in [-0.2, 0) is 25.0 Å². The predicted molar refractivity (Wildman–Crippen MR) is 170 cm³/mol. The molecule has 0 bridgehead atoms. The monoisotopic (exact) mass is 576 g/mol. The molecular formula is C32H56O5Si2. The molecule has 1 rings (SSSR count). The highest BCUT2D eigenvalue weighted by Crippen LogP contribution is 2.39. The third-order valence-electron chi connectivity index (χ3n) is 8.43. The third kappa shape index (κ3) is 10.8. The van der Waals surface area contributed by atoms with E-state index in [9.17, 15) is 4.79 Å². The molecule has 0 amide bonds. The lowest BCUT2D eigenvalue weighted by Gasteiger charge is -2.39. The number of hydrogen-bond donors (Lipinski definition) is 0. The SMILES string of the molecule is C=CC[C@H](O[Si](C)(C)C(C)(C)C)C(=O)[C@@H](/C=C\[C@@H](C)[C@H](C)O[Si](C)(C)C(C)(C)C)OCc1ccc(OC)cc1. The van der Waals surface area contributed by atoms with Crippen molar-refractivity contribution in [2.75, 3.05) is 7.11 Å². The van der Waals surface area contributed by atoms with Crippen molar-refractivity contribution in [3.8, 4) is 5.75 Å². The number of methoxy groups -OCH3 is 1. The fourth-order valence-corrected chi connectivity index (χ4v) is 6.19. The maximum Gasteiger partial charge on any atom is 0.193 e. The minimum absolute atomic E-state index is 0.0203. The summed E-state index contributed by atoms with van der Waals surface area (Å²) in [7, 11) is -2.47. The molecule has 0 heterocycles. The molecule has 4 atom stereocenters. The summed E-state index contributed by atoms with van der Waals surface area (Å²) in [5.74, 6) is 0.817. The molecule has 0 aliphatic heterocycles. The van der Waals surface area contributed by atoms with Gasteiger partial charge in [0.1, 0.15) is 18.0 Å². The van der Waals surface area contributed by atoms with E-state index in [4.69, 9.17) is 18.3 Å². The first-order valence-corrected chi connectivity index (χ1v) is 20.0. The second-order valence-corrected chi connectivity index (χ2v) is 23.2. The van der Waals surface area contributed by atoms with Crippen molar-refractivity contribution in [2.24, 2.45) is 5.92 Å². The molecule has 222 valence electrons. The minimum Gasteiger partial charge on any atom is -0.497 e. The molecule has 0 spiro atoms. The van der Waals surface area contributed by atoms with Gasteiger partial charge in [-0.25, -0.2) is 0 Å². The summed E-state index contributed by atoms with van der Waals surface area (Å²) >= 11 is 0. The molecule has 39 heavy (non-hydrogen) atoms. The Morgan fingerprint density at radius 1 is 0.897 bits per heavy atom. The quantitative estimate of drug-likeness (QED) is 0.154. The van der Waals surface area contributed by atoms with Crippen LogP contribution in [0.15, 0.2) is 49.1 Å². The van der Waals surface area contributed by atoms with E-state index >= 15 is 0 Å². The molecule has 0 saturated heterocycles. The summed E-state index contributed by atoms with van der Waals surface area (Å²) in [4.78, 5) is 13.9. The molecule has 1 aromatic carbocycles. The van der Waals surface area contributed by atoms with Gasteiger partial charge in [0.2, 0.25) is 0 Å². The lowest BCUT2D eigenvalue weighted by Crippen LogP contribution is -2.48. The zero-order valence-electron chi connectivity index (χ0n) is 27.0. The summed E-state index contributed by atoms with van der Waals surface area (Å²) in [6.45, 7) is 30.6. The van der Waals surface area contributed by atoms with Gasteiger partial charge in [-0.2, -0.15) is 0 Å². The van der Waals surface area contributed by atoms with Gasteiger partial charge in [0.15, 0.2) is 22.4 Å². The van der Waals surface area contributed by atoms with E-state index in [1.807, 2.05) is 30.3 Å². The van der Waals surface area contributed by atoms with Gasteiger partial charge in [-0.05, 0) is 73.2 Å². The molecule has 0 fully saturated rings. The predicted octanol–water partition coefficient (Wildman–Crippen LogP) is 8.72. The Morgan fingerprint density at radius 2 is 1.41 bits per heavy atom. The van der Waals surface area contributed by atoms with Crippen LogP contribution in [0.3, 0.4) is 0 Å². The molecule has 0 radical (unpaired) electrons. The van der Waals surface area contributed by atoms with E-state index < -0.39 is 28.8 Å². The molecular weight excluding hydrogens is 521 g/mol. The van der Waals surface area contributed by atoms with Gasteiger partial charge in [-0.1, -0.05) is 78.8 Å². The molecule has 7 heteroatoms. The van der Waals surface area contributed by atoms with Crippen LogP contribution in [0.2, 0.25) is 36.3 Å². The van der Waals surface area contributed by atoms with Crippen LogP contribution in [0.5, 0.6) is 5.75 Å². The maximum absolute atomic E-state index is 13.9. The van der Waals surface area contributed by atoms with E-state index in [0.717, 1.165) is 11.3 Å². The Hall–Kier alpha value is -1.52. The highest BCUT2D eigenvalue weighted by molar-refractivity contribution is 6.74. The van der Waals surface area contributed by atoms with Crippen molar-refractivity contribution in [2.45, 2.75) is 123 Å². The summed E-state index contributed by atoms with van der Waals surface area (Å²) in [6, 6.07) is 7.70. The van der Waals surface area contributed by atoms with Gasteiger partial charge in [0, 0.05) is 6.10 Å². The van der Waals surface area contributed by atoms with Gasteiger partial charge >= 0.3 is 0 Å². The van der Waals surface area contributed by atoms with Crippen molar-refractivity contribution >= 4 is 22.4 Å². The van der Waals surface area contributed by atoms with E-state index in [1.54, 1.807) is 13.2 Å². The average molecular weight is 577 g/mol.